The van der Waals surface area contributed by atoms with Crippen LogP contribution in [0.4, 0.5) is 4.39 Å². The highest BCUT2D eigenvalue weighted by Gasteiger charge is 2.44. The minimum atomic E-state index is -0.859. The van der Waals surface area contributed by atoms with Gasteiger partial charge in [-0.15, -0.1) is 0 Å². The lowest BCUT2D eigenvalue weighted by Crippen LogP contribution is -2.38. The van der Waals surface area contributed by atoms with Crippen LogP contribution in [0.15, 0.2) is 47.1 Å². The molecule has 1 aromatic carbocycles. The zero-order valence-electron chi connectivity index (χ0n) is 14.7. The number of halogens is 1. The summed E-state index contributed by atoms with van der Waals surface area (Å²) in [5.41, 5.74) is -0.238. The lowest BCUT2D eigenvalue weighted by Gasteiger charge is -2.27. The molecule has 1 aliphatic rings. The van der Waals surface area contributed by atoms with E-state index >= 15 is 0 Å². The number of benzene rings is 1. The van der Waals surface area contributed by atoms with Gasteiger partial charge in [0.05, 0.1) is 18.2 Å². The van der Waals surface area contributed by atoms with E-state index in [2.05, 4.69) is 0 Å². The van der Waals surface area contributed by atoms with Crippen molar-refractivity contribution in [2.45, 2.75) is 37.6 Å². The van der Waals surface area contributed by atoms with Crippen molar-refractivity contribution in [3.05, 3.63) is 59.8 Å². The fourth-order valence-corrected chi connectivity index (χ4v) is 3.48. The van der Waals surface area contributed by atoms with Crippen molar-refractivity contribution in [1.82, 2.24) is 4.90 Å². The molecule has 1 heterocycles. The molecule has 26 heavy (non-hydrogen) atoms. The zero-order valence-corrected chi connectivity index (χ0v) is 14.7. The van der Waals surface area contributed by atoms with Crippen LogP contribution in [0.3, 0.4) is 0 Å². The number of hydrogen-bond donors (Lipinski definition) is 0. The van der Waals surface area contributed by atoms with E-state index in [9.17, 15) is 14.0 Å². The molecule has 0 unspecified atom stereocenters. The van der Waals surface area contributed by atoms with Gasteiger partial charge >= 0.3 is 5.97 Å². The number of nitrogens with zero attached hydrogens (tertiary/aromatic N) is 1. The number of carbonyl (C=O) groups excluding carboxylic acids is 2. The maximum Gasteiger partial charge on any atom is 0.317 e. The summed E-state index contributed by atoms with van der Waals surface area (Å²) in [6, 6.07) is 9.60. The first-order valence-corrected chi connectivity index (χ1v) is 8.71. The standard InChI is InChI=1S/C20H22FNO4/c1-22(13-17-8-5-11-25-17)18(23)14-26-19(24)20(9-2-3-10-20)15-6-4-7-16(21)12-15/h4-8,11-12H,2-3,9-10,13-14H2,1H3. The highest BCUT2D eigenvalue weighted by Crippen LogP contribution is 2.42. The highest BCUT2D eigenvalue weighted by molar-refractivity contribution is 5.86. The van der Waals surface area contributed by atoms with Crippen LogP contribution in [0.5, 0.6) is 0 Å². The first-order chi connectivity index (χ1) is 12.5. The lowest BCUT2D eigenvalue weighted by atomic mass is 9.79. The largest absolute Gasteiger partial charge is 0.467 e. The molecule has 1 aromatic heterocycles. The van der Waals surface area contributed by atoms with Gasteiger partial charge in [0, 0.05) is 7.05 Å². The molecule has 5 nitrogen and oxygen atoms in total. The maximum atomic E-state index is 13.6. The van der Waals surface area contributed by atoms with Crippen LogP contribution in [-0.2, 0) is 26.3 Å². The molecule has 1 aliphatic carbocycles. The van der Waals surface area contributed by atoms with E-state index < -0.39 is 11.4 Å². The molecule has 1 fully saturated rings. The predicted octanol–water partition coefficient (Wildman–Crippen LogP) is 3.43. The normalized spacial score (nSPS) is 15.6. The van der Waals surface area contributed by atoms with E-state index in [4.69, 9.17) is 9.15 Å². The third-order valence-electron chi connectivity index (χ3n) is 4.95. The molecular formula is C20H22FNO4. The Bertz CT molecular complexity index is 766. The van der Waals surface area contributed by atoms with Crippen LogP contribution in [-0.4, -0.2) is 30.4 Å². The van der Waals surface area contributed by atoms with Gasteiger partial charge in [0.1, 0.15) is 11.6 Å². The maximum absolute atomic E-state index is 13.6. The third-order valence-corrected chi connectivity index (χ3v) is 4.95. The van der Waals surface area contributed by atoms with Gasteiger partial charge in [-0.2, -0.15) is 0 Å². The van der Waals surface area contributed by atoms with Gasteiger partial charge < -0.3 is 14.1 Å². The Kier molecular flexibility index (Phi) is 5.40. The third kappa shape index (κ3) is 3.79. The predicted molar refractivity (Wildman–Crippen MR) is 92.7 cm³/mol. The summed E-state index contributed by atoms with van der Waals surface area (Å²) in [4.78, 5) is 26.5. The molecule has 0 aliphatic heterocycles. The summed E-state index contributed by atoms with van der Waals surface area (Å²) < 4.78 is 24.2. The van der Waals surface area contributed by atoms with E-state index in [0.29, 0.717) is 30.7 Å². The van der Waals surface area contributed by atoms with Crippen LogP contribution in [0.1, 0.15) is 37.0 Å². The number of furan rings is 1. The second-order valence-corrected chi connectivity index (χ2v) is 6.70. The van der Waals surface area contributed by atoms with E-state index in [0.717, 1.165) is 12.8 Å². The summed E-state index contributed by atoms with van der Waals surface area (Å²) in [7, 11) is 1.62. The van der Waals surface area contributed by atoms with Crippen molar-refractivity contribution < 1.29 is 23.1 Å². The summed E-state index contributed by atoms with van der Waals surface area (Å²) in [6.07, 6.45) is 4.49. The molecule has 0 radical (unpaired) electrons. The average molecular weight is 359 g/mol. The van der Waals surface area contributed by atoms with Crippen LogP contribution < -0.4 is 0 Å². The molecule has 0 spiro atoms. The summed E-state index contributed by atoms with van der Waals surface area (Å²) >= 11 is 0. The minimum Gasteiger partial charge on any atom is -0.467 e. The fourth-order valence-electron chi connectivity index (χ4n) is 3.48. The molecule has 2 aromatic rings. The topological polar surface area (TPSA) is 59.8 Å². The van der Waals surface area contributed by atoms with Gasteiger partial charge in [0.25, 0.3) is 5.91 Å². The van der Waals surface area contributed by atoms with Crippen LogP contribution in [0.2, 0.25) is 0 Å². The smallest absolute Gasteiger partial charge is 0.317 e. The molecule has 3 rings (SSSR count). The van der Waals surface area contributed by atoms with E-state index in [1.165, 1.54) is 23.3 Å². The van der Waals surface area contributed by atoms with Crippen molar-refractivity contribution in [3.8, 4) is 0 Å². The second-order valence-electron chi connectivity index (χ2n) is 6.70. The molecule has 0 saturated heterocycles. The summed E-state index contributed by atoms with van der Waals surface area (Å²) in [5, 5.41) is 0. The fraction of sp³-hybridized carbons (Fsp3) is 0.400. The number of hydrogen-bond acceptors (Lipinski definition) is 4. The van der Waals surface area contributed by atoms with E-state index in [-0.39, 0.29) is 18.3 Å². The quantitative estimate of drug-likeness (QED) is 0.742. The van der Waals surface area contributed by atoms with Gasteiger partial charge in [-0.25, -0.2) is 4.39 Å². The Morgan fingerprint density at radius 3 is 2.65 bits per heavy atom. The number of rotatable bonds is 6. The number of esters is 1. The number of likely N-dealkylation sites (N-methyl/N-ethyl adjacent to an activating group) is 1. The van der Waals surface area contributed by atoms with Crippen LogP contribution in [0.25, 0.3) is 0 Å². The lowest BCUT2D eigenvalue weighted by molar-refractivity contribution is -0.157. The van der Waals surface area contributed by atoms with Gasteiger partial charge in [-0.05, 0) is 42.7 Å². The van der Waals surface area contributed by atoms with Crippen LogP contribution in [0, 0.1) is 5.82 Å². The number of ether oxygens (including phenoxy) is 1. The molecule has 0 atom stereocenters. The van der Waals surface area contributed by atoms with E-state index in [1.807, 2.05) is 0 Å². The number of amides is 1. The Morgan fingerprint density at radius 2 is 2.00 bits per heavy atom. The zero-order chi connectivity index (χ0) is 18.6. The van der Waals surface area contributed by atoms with Crippen molar-refractivity contribution in [2.75, 3.05) is 13.7 Å². The van der Waals surface area contributed by atoms with E-state index in [1.54, 1.807) is 31.3 Å². The van der Waals surface area contributed by atoms with Gasteiger partial charge in [-0.3, -0.25) is 9.59 Å². The first kappa shape index (κ1) is 18.2. The number of carbonyl (C=O) groups is 2. The molecule has 0 N–H and O–H groups in total. The van der Waals surface area contributed by atoms with Crippen molar-refractivity contribution in [3.63, 3.8) is 0 Å². The Hall–Kier alpha value is -2.63. The molecule has 1 saturated carbocycles. The van der Waals surface area contributed by atoms with Crippen molar-refractivity contribution in [2.24, 2.45) is 0 Å². The van der Waals surface area contributed by atoms with Crippen molar-refractivity contribution >= 4 is 11.9 Å². The average Bonchev–Trinajstić information content (AvgIpc) is 3.31. The highest BCUT2D eigenvalue weighted by atomic mass is 19.1. The molecule has 138 valence electrons. The Morgan fingerprint density at radius 1 is 1.23 bits per heavy atom. The summed E-state index contributed by atoms with van der Waals surface area (Å²) in [5.74, 6) is -0.502. The Balaban J connectivity index is 1.64. The molecule has 0 bridgehead atoms. The monoisotopic (exact) mass is 359 g/mol. The van der Waals surface area contributed by atoms with Gasteiger partial charge in [0.15, 0.2) is 6.61 Å². The molecule has 1 amide bonds. The SMILES string of the molecule is CN(Cc1ccco1)C(=O)COC(=O)C1(c2cccc(F)c2)CCCC1. The first-order valence-electron chi connectivity index (χ1n) is 8.71. The summed E-state index contributed by atoms with van der Waals surface area (Å²) in [6.45, 7) is -0.0362. The second kappa shape index (κ2) is 7.72. The Labute approximate surface area is 151 Å². The molecular weight excluding hydrogens is 337 g/mol. The van der Waals surface area contributed by atoms with Gasteiger partial charge in [0.2, 0.25) is 0 Å². The van der Waals surface area contributed by atoms with Crippen LogP contribution >= 0.6 is 0 Å². The van der Waals surface area contributed by atoms with Crippen molar-refractivity contribution in [1.29, 1.82) is 0 Å². The minimum absolute atomic E-state index is 0.304. The molecule has 6 heteroatoms. The van der Waals surface area contributed by atoms with Gasteiger partial charge in [-0.1, -0.05) is 25.0 Å².